The van der Waals surface area contributed by atoms with Crippen molar-refractivity contribution in [3.63, 3.8) is 0 Å². The van der Waals surface area contributed by atoms with Crippen LogP contribution in [-0.2, 0) is 13.6 Å². The fraction of sp³-hybridized carbons (Fsp3) is 0.579. The monoisotopic (exact) mass is 372 g/mol. The number of aliphatic hydroxyl groups excluding tert-OH is 1. The Morgan fingerprint density at radius 1 is 1.19 bits per heavy atom. The van der Waals surface area contributed by atoms with Crippen molar-refractivity contribution < 1.29 is 9.90 Å². The fourth-order valence-corrected chi connectivity index (χ4v) is 4.07. The number of nitrogens with one attached hydrogen (secondary N) is 1. The number of likely N-dealkylation sites (tertiary alicyclic amines) is 1. The number of carbonyl (C=O) groups is 1. The largest absolute Gasteiger partial charge is 0.390 e. The van der Waals surface area contributed by atoms with Gasteiger partial charge in [0.15, 0.2) is 0 Å². The molecule has 2 atom stereocenters. The van der Waals surface area contributed by atoms with Crippen LogP contribution in [0.5, 0.6) is 0 Å². The predicted octanol–water partition coefficient (Wildman–Crippen LogP) is 0.0754. The molecule has 4 rings (SSSR count). The number of para-hydroxylation sites is 2. The van der Waals surface area contributed by atoms with Gasteiger partial charge in [-0.3, -0.25) is 4.90 Å². The number of amides is 2. The highest BCUT2D eigenvalue weighted by atomic mass is 16.3. The number of urea groups is 1. The minimum atomic E-state index is -0.491. The fourth-order valence-electron chi connectivity index (χ4n) is 4.07. The minimum Gasteiger partial charge on any atom is -0.390 e. The molecule has 2 N–H and O–H groups in total. The molecule has 0 bridgehead atoms. The molecule has 2 aliphatic rings. The molecular weight excluding hydrogens is 344 g/mol. The topological polar surface area (TPSA) is 76.9 Å². The molecule has 2 aliphatic heterocycles. The van der Waals surface area contributed by atoms with E-state index in [4.69, 9.17) is 0 Å². The molecule has 8 heteroatoms. The second kappa shape index (κ2) is 7.46. The van der Waals surface area contributed by atoms with Gasteiger partial charge in [-0.05, 0) is 19.2 Å². The lowest BCUT2D eigenvalue weighted by molar-refractivity contribution is 0.0512. The van der Waals surface area contributed by atoms with Crippen LogP contribution in [0.3, 0.4) is 0 Å². The van der Waals surface area contributed by atoms with Crippen molar-refractivity contribution in [3.05, 3.63) is 30.1 Å². The van der Waals surface area contributed by atoms with Crippen LogP contribution in [0.25, 0.3) is 11.0 Å². The highest BCUT2D eigenvalue weighted by molar-refractivity contribution is 5.77. The van der Waals surface area contributed by atoms with Gasteiger partial charge in [-0.25, -0.2) is 9.78 Å². The van der Waals surface area contributed by atoms with Crippen molar-refractivity contribution in [2.24, 2.45) is 7.05 Å². The van der Waals surface area contributed by atoms with Crippen LogP contribution in [0, 0.1) is 0 Å². The second-order valence-corrected chi connectivity index (χ2v) is 7.61. The number of aromatic nitrogens is 2. The number of likely N-dealkylation sites (N-methyl/N-ethyl adjacent to an activating group) is 1. The van der Waals surface area contributed by atoms with Crippen LogP contribution in [-0.4, -0.2) is 93.9 Å². The summed E-state index contributed by atoms with van der Waals surface area (Å²) in [6.45, 7) is 5.20. The van der Waals surface area contributed by atoms with Gasteiger partial charge in [0.25, 0.3) is 0 Å². The second-order valence-electron chi connectivity index (χ2n) is 7.61. The normalized spacial score (nSPS) is 24.6. The van der Waals surface area contributed by atoms with Gasteiger partial charge in [0.1, 0.15) is 5.82 Å². The molecule has 0 aliphatic carbocycles. The van der Waals surface area contributed by atoms with E-state index in [1.165, 1.54) is 0 Å². The van der Waals surface area contributed by atoms with Crippen LogP contribution in [0.4, 0.5) is 4.79 Å². The predicted molar refractivity (Wildman–Crippen MR) is 103 cm³/mol. The van der Waals surface area contributed by atoms with Gasteiger partial charge in [0, 0.05) is 46.3 Å². The number of β-amino-alcohol motifs (C(OH)–C–C–N with tert-alkyl or cyclic N) is 1. The molecule has 0 spiro atoms. The lowest BCUT2D eigenvalue weighted by atomic mass is 10.1. The number of benzene rings is 1. The average molecular weight is 372 g/mol. The van der Waals surface area contributed by atoms with E-state index in [-0.39, 0.29) is 12.1 Å². The molecule has 2 aromatic rings. The van der Waals surface area contributed by atoms with Crippen LogP contribution < -0.4 is 5.32 Å². The summed E-state index contributed by atoms with van der Waals surface area (Å²) < 4.78 is 2.00. The number of carbonyl (C=O) groups excluding carboxylic acids is 1. The van der Waals surface area contributed by atoms with Gasteiger partial charge in [0.2, 0.25) is 0 Å². The van der Waals surface area contributed by atoms with Crippen LogP contribution >= 0.6 is 0 Å². The summed E-state index contributed by atoms with van der Waals surface area (Å²) in [5, 5.41) is 13.4. The summed E-state index contributed by atoms with van der Waals surface area (Å²) in [6, 6.07) is 7.82. The first-order chi connectivity index (χ1) is 13.0. The molecule has 2 saturated heterocycles. The van der Waals surface area contributed by atoms with Crippen LogP contribution in [0.15, 0.2) is 24.3 Å². The molecule has 1 aromatic carbocycles. The van der Waals surface area contributed by atoms with E-state index in [9.17, 15) is 9.90 Å². The number of imidazole rings is 1. The minimum absolute atomic E-state index is 0.0280. The summed E-state index contributed by atoms with van der Waals surface area (Å²) in [7, 11) is 4.07. The number of aliphatic hydroxyl groups is 1. The van der Waals surface area contributed by atoms with Gasteiger partial charge < -0.3 is 24.8 Å². The zero-order valence-corrected chi connectivity index (χ0v) is 16.0. The van der Waals surface area contributed by atoms with E-state index >= 15 is 0 Å². The summed E-state index contributed by atoms with van der Waals surface area (Å²) in [6.07, 6.45) is -0.491. The van der Waals surface area contributed by atoms with E-state index in [0.29, 0.717) is 19.6 Å². The molecule has 3 heterocycles. The Hall–Kier alpha value is -2.16. The SMILES string of the molecule is CN1CCN([C@H]2CN(C(=O)NCc3nc4ccccc4n3C)C[C@@H]2O)CC1. The maximum Gasteiger partial charge on any atom is 0.317 e. The first-order valence-corrected chi connectivity index (χ1v) is 9.56. The van der Waals surface area contributed by atoms with E-state index in [1.54, 1.807) is 4.90 Å². The summed E-state index contributed by atoms with van der Waals surface area (Å²) >= 11 is 0. The molecule has 2 amide bonds. The van der Waals surface area contributed by atoms with Gasteiger partial charge in [-0.15, -0.1) is 0 Å². The van der Waals surface area contributed by atoms with E-state index in [1.807, 2.05) is 35.9 Å². The smallest absolute Gasteiger partial charge is 0.317 e. The Morgan fingerprint density at radius 2 is 1.93 bits per heavy atom. The zero-order chi connectivity index (χ0) is 19.0. The Kier molecular flexibility index (Phi) is 5.03. The summed E-state index contributed by atoms with van der Waals surface area (Å²) in [4.78, 5) is 23.5. The number of hydrogen-bond acceptors (Lipinski definition) is 5. The first-order valence-electron chi connectivity index (χ1n) is 9.56. The molecule has 8 nitrogen and oxygen atoms in total. The van der Waals surface area contributed by atoms with Crippen molar-refractivity contribution in [1.82, 2.24) is 29.6 Å². The maximum atomic E-state index is 12.6. The lowest BCUT2D eigenvalue weighted by Gasteiger charge is -2.37. The van der Waals surface area contributed by atoms with Gasteiger partial charge in [-0.1, -0.05) is 12.1 Å². The molecular formula is C19H28N6O2. The molecule has 0 unspecified atom stereocenters. The van der Waals surface area contributed by atoms with Gasteiger partial charge >= 0.3 is 6.03 Å². The molecule has 1 aromatic heterocycles. The standard InChI is InChI=1S/C19H28N6O2/c1-22-7-9-24(10-8-22)16-12-25(13-17(16)26)19(27)20-11-18-21-14-5-3-4-6-15(14)23(18)2/h3-6,16-17,26H,7-13H2,1-2H3,(H,20,27)/t16-,17-/m0/s1. The third kappa shape index (κ3) is 3.65. The van der Waals surface area contributed by atoms with E-state index in [2.05, 4.69) is 27.1 Å². The highest BCUT2D eigenvalue weighted by Gasteiger charge is 2.38. The van der Waals surface area contributed by atoms with Crippen molar-refractivity contribution >= 4 is 17.1 Å². The van der Waals surface area contributed by atoms with Crippen molar-refractivity contribution in [2.45, 2.75) is 18.7 Å². The van der Waals surface area contributed by atoms with Crippen molar-refractivity contribution in [3.8, 4) is 0 Å². The third-order valence-electron chi connectivity index (χ3n) is 5.83. The number of nitrogens with zero attached hydrogens (tertiary/aromatic N) is 5. The van der Waals surface area contributed by atoms with E-state index < -0.39 is 6.10 Å². The number of aryl methyl sites for hydroxylation is 1. The first kappa shape index (κ1) is 18.2. The Balaban J connectivity index is 1.35. The van der Waals surface area contributed by atoms with Crippen LogP contribution in [0.2, 0.25) is 0 Å². The number of fused-ring (bicyclic) bond motifs is 1. The van der Waals surface area contributed by atoms with E-state index in [0.717, 1.165) is 43.0 Å². The Bertz CT molecular complexity index is 814. The molecule has 0 saturated carbocycles. The van der Waals surface area contributed by atoms with Gasteiger partial charge in [-0.2, -0.15) is 0 Å². The van der Waals surface area contributed by atoms with Crippen molar-refractivity contribution in [2.75, 3.05) is 46.3 Å². The Labute approximate surface area is 159 Å². The summed E-state index contributed by atoms with van der Waals surface area (Å²) in [5.41, 5.74) is 1.98. The summed E-state index contributed by atoms with van der Waals surface area (Å²) in [5.74, 6) is 0.819. The molecule has 0 radical (unpaired) electrons. The lowest BCUT2D eigenvalue weighted by Crippen LogP contribution is -2.52. The Morgan fingerprint density at radius 3 is 2.67 bits per heavy atom. The molecule has 2 fully saturated rings. The van der Waals surface area contributed by atoms with Crippen molar-refractivity contribution in [1.29, 1.82) is 0 Å². The average Bonchev–Trinajstić information content (AvgIpc) is 3.21. The maximum absolute atomic E-state index is 12.6. The highest BCUT2D eigenvalue weighted by Crippen LogP contribution is 2.19. The zero-order valence-electron chi connectivity index (χ0n) is 16.0. The van der Waals surface area contributed by atoms with Crippen LogP contribution in [0.1, 0.15) is 5.82 Å². The van der Waals surface area contributed by atoms with Gasteiger partial charge in [0.05, 0.1) is 29.7 Å². The number of rotatable bonds is 3. The quantitative estimate of drug-likeness (QED) is 0.798. The number of piperazine rings is 1. The third-order valence-corrected chi connectivity index (χ3v) is 5.83. The number of hydrogen-bond donors (Lipinski definition) is 2. The molecule has 146 valence electrons. The molecule has 27 heavy (non-hydrogen) atoms.